The molecule has 4 aromatic rings. The van der Waals surface area contributed by atoms with Gasteiger partial charge in [0.05, 0.1) is 16.4 Å². The maximum Gasteiger partial charge on any atom is 0.335 e. The molecule has 39 heavy (non-hydrogen) atoms. The van der Waals surface area contributed by atoms with Crippen LogP contribution < -0.4 is 19.7 Å². The predicted octanol–water partition coefficient (Wildman–Crippen LogP) is 5.71. The summed E-state index contributed by atoms with van der Waals surface area (Å²) in [6, 6.07) is 20.4. The number of ether oxygens (including phenoxy) is 2. The Balaban J connectivity index is 1.45. The molecule has 9 heteroatoms. The summed E-state index contributed by atoms with van der Waals surface area (Å²) in [5, 5.41) is 14.0. The molecule has 0 saturated carbocycles. The highest BCUT2D eigenvalue weighted by Gasteiger charge is 2.36. The van der Waals surface area contributed by atoms with Crippen LogP contribution in [0, 0.1) is 10.5 Å². The third-order valence-electron chi connectivity index (χ3n) is 6.41. The van der Waals surface area contributed by atoms with E-state index in [9.17, 15) is 19.5 Å². The first-order valence-electron chi connectivity index (χ1n) is 11.9. The number of carbonyl (C=O) groups is 3. The van der Waals surface area contributed by atoms with Crippen molar-refractivity contribution >= 4 is 63.0 Å². The maximum absolute atomic E-state index is 13.2. The van der Waals surface area contributed by atoms with E-state index < -0.39 is 17.8 Å². The Hall–Kier alpha value is -4.38. The number of hydrogen-bond donors (Lipinski definition) is 2. The largest absolute Gasteiger partial charge is 0.508 e. The molecule has 4 aromatic carbocycles. The Morgan fingerprint density at radius 1 is 1.00 bits per heavy atom. The molecule has 0 radical (unpaired) electrons. The lowest BCUT2D eigenvalue weighted by Gasteiger charge is -2.26. The van der Waals surface area contributed by atoms with Crippen LogP contribution in [0.4, 0.5) is 10.5 Å². The first kappa shape index (κ1) is 26.2. The topological polar surface area (TPSA) is 105 Å². The van der Waals surface area contributed by atoms with E-state index in [0.717, 1.165) is 26.8 Å². The zero-order valence-corrected chi connectivity index (χ0v) is 23.2. The second kappa shape index (κ2) is 10.8. The minimum atomic E-state index is -0.868. The summed E-state index contributed by atoms with van der Waals surface area (Å²) < 4.78 is 12.6. The lowest BCUT2D eigenvalue weighted by Crippen LogP contribution is -2.54. The number of nitrogens with zero attached hydrogens (tertiary/aromatic N) is 1. The summed E-state index contributed by atoms with van der Waals surface area (Å²) in [4.78, 5) is 39.1. The number of barbiturate groups is 1. The van der Waals surface area contributed by atoms with Gasteiger partial charge in [0.15, 0.2) is 11.5 Å². The highest BCUT2D eigenvalue weighted by Crippen LogP contribution is 2.36. The molecule has 0 unspecified atom stereocenters. The monoisotopic (exact) mass is 634 g/mol. The number of aromatic hydroxyl groups is 1. The van der Waals surface area contributed by atoms with Gasteiger partial charge in [-0.25, -0.2) is 9.69 Å². The van der Waals surface area contributed by atoms with Crippen molar-refractivity contribution in [2.45, 2.75) is 13.5 Å². The lowest BCUT2D eigenvalue weighted by atomic mass is 10.0. The molecule has 1 saturated heterocycles. The zero-order valence-electron chi connectivity index (χ0n) is 21.0. The molecule has 1 aliphatic rings. The lowest BCUT2D eigenvalue weighted by molar-refractivity contribution is -0.122. The Kier molecular flexibility index (Phi) is 7.25. The van der Waals surface area contributed by atoms with Gasteiger partial charge in [-0.3, -0.25) is 14.9 Å². The molecule has 0 aromatic heterocycles. The number of fused-ring (bicyclic) bond motifs is 1. The van der Waals surface area contributed by atoms with E-state index in [4.69, 9.17) is 9.47 Å². The second-order valence-corrected chi connectivity index (χ2v) is 10.0. The number of aryl methyl sites for hydroxylation is 1. The Labute approximate surface area is 238 Å². The molecule has 8 nitrogen and oxygen atoms in total. The van der Waals surface area contributed by atoms with E-state index >= 15 is 0 Å². The number of phenolic OH excluding ortho intramolecular Hbond substituents is 1. The van der Waals surface area contributed by atoms with Crippen molar-refractivity contribution in [3.05, 3.63) is 98.6 Å². The number of urea groups is 1. The van der Waals surface area contributed by atoms with E-state index in [0.29, 0.717) is 27.2 Å². The van der Waals surface area contributed by atoms with Gasteiger partial charge < -0.3 is 14.6 Å². The number of carbonyl (C=O) groups excluding carboxylic acids is 3. The highest BCUT2D eigenvalue weighted by molar-refractivity contribution is 14.1. The van der Waals surface area contributed by atoms with Gasteiger partial charge in [0.25, 0.3) is 11.8 Å². The van der Waals surface area contributed by atoms with Crippen LogP contribution in [0.3, 0.4) is 0 Å². The quantitative estimate of drug-likeness (QED) is 0.160. The molecule has 4 amide bonds. The van der Waals surface area contributed by atoms with Crippen LogP contribution >= 0.6 is 22.6 Å². The third kappa shape index (κ3) is 5.17. The number of imide groups is 2. The molecule has 1 fully saturated rings. The average Bonchev–Trinajstić information content (AvgIpc) is 2.92. The molecule has 0 spiro atoms. The van der Waals surface area contributed by atoms with Crippen molar-refractivity contribution < 1.29 is 29.0 Å². The molecular weight excluding hydrogens is 611 g/mol. The summed E-state index contributed by atoms with van der Waals surface area (Å²) in [6.07, 6.45) is 1.40. The number of nitrogens with one attached hydrogen (secondary N) is 1. The number of rotatable bonds is 6. The van der Waals surface area contributed by atoms with Crippen LogP contribution in [0.2, 0.25) is 0 Å². The first-order chi connectivity index (χ1) is 18.8. The maximum atomic E-state index is 13.2. The van der Waals surface area contributed by atoms with Gasteiger partial charge >= 0.3 is 6.03 Å². The van der Waals surface area contributed by atoms with Gasteiger partial charge in [-0.05, 0) is 93.9 Å². The predicted molar refractivity (Wildman–Crippen MR) is 156 cm³/mol. The van der Waals surface area contributed by atoms with Crippen molar-refractivity contribution in [2.24, 2.45) is 0 Å². The number of phenols is 1. The normalized spacial score (nSPS) is 14.6. The van der Waals surface area contributed by atoms with Gasteiger partial charge in [0.1, 0.15) is 17.9 Å². The van der Waals surface area contributed by atoms with Crippen molar-refractivity contribution in [2.75, 3.05) is 12.0 Å². The molecule has 0 atom stereocenters. The summed E-state index contributed by atoms with van der Waals surface area (Å²) in [6.45, 7) is 2.37. The van der Waals surface area contributed by atoms with Crippen LogP contribution in [0.25, 0.3) is 16.8 Å². The van der Waals surface area contributed by atoms with Crippen LogP contribution in [0.1, 0.15) is 16.7 Å². The van der Waals surface area contributed by atoms with Crippen LogP contribution in [0.15, 0.2) is 78.4 Å². The van der Waals surface area contributed by atoms with E-state index in [2.05, 4.69) is 52.2 Å². The number of methoxy groups -OCH3 is 1. The fraction of sp³-hybridized carbons (Fsp3) is 0.100. The molecule has 1 heterocycles. The summed E-state index contributed by atoms with van der Waals surface area (Å²) in [5.74, 6) is -0.638. The van der Waals surface area contributed by atoms with E-state index in [-0.39, 0.29) is 17.0 Å². The zero-order chi connectivity index (χ0) is 27.7. The Morgan fingerprint density at radius 3 is 2.49 bits per heavy atom. The van der Waals surface area contributed by atoms with Crippen LogP contribution in [-0.4, -0.2) is 30.1 Å². The Morgan fingerprint density at radius 2 is 1.74 bits per heavy atom. The van der Waals surface area contributed by atoms with Crippen LogP contribution in [0.5, 0.6) is 17.2 Å². The second-order valence-electron chi connectivity index (χ2n) is 8.88. The van der Waals surface area contributed by atoms with Gasteiger partial charge in [-0.2, -0.15) is 0 Å². The van der Waals surface area contributed by atoms with Gasteiger partial charge in [-0.1, -0.05) is 36.4 Å². The first-order valence-corrected chi connectivity index (χ1v) is 13.0. The fourth-order valence-corrected chi connectivity index (χ4v) is 5.19. The average molecular weight is 634 g/mol. The van der Waals surface area contributed by atoms with E-state index in [1.165, 1.54) is 37.5 Å². The minimum Gasteiger partial charge on any atom is -0.508 e. The van der Waals surface area contributed by atoms with Crippen molar-refractivity contribution in [1.29, 1.82) is 0 Å². The van der Waals surface area contributed by atoms with Crippen LogP contribution in [-0.2, 0) is 16.2 Å². The van der Waals surface area contributed by atoms with Gasteiger partial charge in [0, 0.05) is 5.56 Å². The van der Waals surface area contributed by atoms with Crippen molar-refractivity contribution in [3.8, 4) is 17.2 Å². The molecule has 5 rings (SSSR count). The molecule has 196 valence electrons. The smallest absolute Gasteiger partial charge is 0.335 e. The van der Waals surface area contributed by atoms with Gasteiger partial charge in [0.2, 0.25) is 0 Å². The number of halogens is 1. The number of anilines is 1. The summed E-state index contributed by atoms with van der Waals surface area (Å²) in [7, 11) is 1.52. The minimum absolute atomic E-state index is 0.0185. The SMILES string of the molecule is COc1cc(/C=C2\C(=O)NC(=O)N(c3ccc(O)cc3)C2=O)cc(I)c1OCc1c(C)ccc2ccccc12. The molecule has 1 aliphatic heterocycles. The summed E-state index contributed by atoms with van der Waals surface area (Å²) >= 11 is 2.12. The standard InChI is InChI=1S/C30H23IN2O6/c1-17-7-8-19-5-3-4-6-22(19)24(17)16-39-27-25(31)14-18(15-26(27)38-2)13-23-28(35)32-30(37)33(29(23)36)20-9-11-21(34)12-10-20/h3-15,34H,16H2,1-2H3,(H,32,35,37)/b23-13+. The molecule has 0 aliphatic carbocycles. The third-order valence-corrected chi connectivity index (χ3v) is 7.21. The van der Waals surface area contributed by atoms with Gasteiger partial charge in [-0.15, -0.1) is 0 Å². The van der Waals surface area contributed by atoms with Crippen molar-refractivity contribution in [3.63, 3.8) is 0 Å². The molecular formula is C30H23IN2O6. The number of hydrogen-bond acceptors (Lipinski definition) is 6. The summed E-state index contributed by atoms with van der Waals surface area (Å²) in [5.41, 5.74) is 2.69. The fourth-order valence-electron chi connectivity index (χ4n) is 4.40. The molecule has 2 N–H and O–H groups in total. The molecule has 0 bridgehead atoms. The van der Waals surface area contributed by atoms with E-state index in [1.54, 1.807) is 12.1 Å². The van der Waals surface area contributed by atoms with Crippen molar-refractivity contribution in [1.82, 2.24) is 5.32 Å². The number of benzene rings is 4. The number of amides is 4. The highest BCUT2D eigenvalue weighted by atomic mass is 127. The van der Waals surface area contributed by atoms with E-state index in [1.807, 2.05) is 19.1 Å². The Bertz CT molecular complexity index is 1660.